The number of piperazine rings is 1. The maximum Gasteiger partial charge on any atom is 0.246 e. The molecule has 90 valence electrons. The van der Waals surface area contributed by atoms with E-state index < -0.39 is 0 Å². The molecular weight excluding hydrogens is 236 g/mol. The lowest BCUT2D eigenvalue weighted by Gasteiger charge is -2.26. The first-order chi connectivity index (χ1) is 8.25. The van der Waals surface area contributed by atoms with Gasteiger partial charge in [0.2, 0.25) is 5.91 Å². The number of hydrogen-bond donors (Lipinski definition) is 1. The lowest BCUT2D eigenvalue weighted by molar-refractivity contribution is -0.126. The summed E-state index contributed by atoms with van der Waals surface area (Å²) in [7, 11) is 0. The fraction of sp³-hybridized carbons (Fsp3) is 0.308. The van der Waals surface area contributed by atoms with E-state index in [1.807, 2.05) is 29.2 Å². The Bertz CT molecular complexity index is 425. The van der Waals surface area contributed by atoms with Gasteiger partial charge in [0.05, 0.1) is 0 Å². The van der Waals surface area contributed by atoms with E-state index in [-0.39, 0.29) is 5.91 Å². The second kappa shape index (κ2) is 5.84. The minimum Gasteiger partial charge on any atom is -0.337 e. The molecule has 0 spiro atoms. The summed E-state index contributed by atoms with van der Waals surface area (Å²) < 4.78 is 0. The molecule has 4 heteroatoms. The van der Waals surface area contributed by atoms with E-state index in [1.54, 1.807) is 12.2 Å². The van der Waals surface area contributed by atoms with Crippen LogP contribution in [0.3, 0.4) is 0 Å². The van der Waals surface area contributed by atoms with Crippen LogP contribution in [0.4, 0.5) is 0 Å². The number of nitrogens with zero attached hydrogens (tertiary/aromatic N) is 1. The van der Waals surface area contributed by atoms with E-state index >= 15 is 0 Å². The average molecular weight is 251 g/mol. The summed E-state index contributed by atoms with van der Waals surface area (Å²) in [6.07, 6.45) is 3.41. The third-order valence-electron chi connectivity index (χ3n) is 2.70. The molecular formula is C13H15ClN2O. The summed E-state index contributed by atoms with van der Waals surface area (Å²) in [5.41, 5.74) is 0.945. The van der Waals surface area contributed by atoms with Gasteiger partial charge in [0.25, 0.3) is 0 Å². The zero-order valence-electron chi connectivity index (χ0n) is 9.53. The first kappa shape index (κ1) is 12.1. The van der Waals surface area contributed by atoms with E-state index in [2.05, 4.69) is 5.32 Å². The Morgan fingerprint density at radius 1 is 1.35 bits per heavy atom. The maximum atomic E-state index is 11.8. The average Bonchev–Trinajstić information content (AvgIpc) is 2.37. The summed E-state index contributed by atoms with van der Waals surface area (Å²) in [4.78, 5) is 13.7. The van der Waals surface area contributed by atoms with E-state index in [0.717, 1.165) is 31.7 Å². The second-order valence-electron chi connectivity index (χ2n) is 3.96. The van der Waals surface area contributed by atoms with Crippen LogP contribution in [0, 0.1) is 0 Å². The second-order valence-corrected chi connectivity index (χ2v) is 4.40. The van der Waals surface area contributed by atoms with Crippen molar-refractivity contribution < 1.29 is 4.79 Å². The van der Waals surface area contributed by atoms with Crippen molar-refractivity contribution in [2.45, 2.75) is 0 Å². The molecule has 2 rings (SSSR count). The van der Waals surface area contributed by atoms with Gasteiger partial charge >= 0.3 is 0 Å². The molecule has 0 bridgehead atoms. The molecule has 0 radical (unpaired) electrons. The van der Waals surface area contributed by atoms with Gasteiger partial charge < -0.3 is 10.2 Å². The highest BCUT2D eigenvalue weighted by Crippen LogP contribution is 2.12. The molecule has 3 nitrogen and oxygen atoms in total. The van der Waals surface area contributed by atoms with Crippen molar-refractivity contribution in [1.82, 2.24) is 10.2 Å². The van der Waals surface area contributed by atoms with E-state index in [4.69, 9.17) is 11.6 Å². The van der Waals surface area contributed by atoms with Gasteiger partial charge in [-0.25, -0.2) is 0 Å². The highest BCUT2D eigenvalue weighted by atomic mass is 35.5. The van der Waals surface area contributed by atoms with Crippen LogP contribution in [0.25, 0.3) is 6.08 Å². The quantitative estimate of drug-likeness (QED) is 0.812. The molecule has 1 amide bonds. The van der Waals surface area contributed by atoms with E-state index in [9.17, 15) is 4.79 Å². The van der Waals surface area contributed by atoms with Gasteiger partial charge in [-0.3, -0.25) is 4.79 Å². The fourth-order valence-corrected chi connectivity index (χ4v) is 1.97. The molecule has 1 aromatic rings. The number of nitrogens with one attached hydrogen (secondary N) is 1. The standard InChI is InChI=1S/C13H15ClN2O/c14-12-3-1-2-11(10-12)4-5-13(17)16-8-6-15-7-9-16/h1-5,10,15H,6-9H2/b5-4+. The largest absolute Gasteiger partial charge is 0.337 e. The highest BCUT2D eigenvalue weighted by molar-refractivity contribution is 6.30. The van der Waals surface area contributed by atoms with Gasteiger partial charge in [-0.15, -0.1) is 0 Å². The monoisotopic (exact) mass is 250 g/mol. The Kier molecular flexibility index (Phi) is 4.18. The van der Waals surface area contributed by atoms with Crippen LogP contribution in [0.2, 0.25) is 5.02 Å². The van der Waals surface area contributed by atoms with E-state index in [0.29, 0.717) is 5.02 Å². The predicted molar refractivity (Wildman–Crippen MR) is 69.9 cm³/mol. The zero-order chi connectivity index (χ0) is 12.1. The molecule has 1 fully saturated rings. The minimum absolute atomic E-state index is 0.0616. The third kappa shape index (κ3) is 3.58. The third-order valence-corrected chi connectivity index (χ3v) is 2.93. The number of amides is 1. The van der Waals surface area contributed by atoms with Crippen molar-refractivity contribution in [2.24, 2.45) is 0 Å². The van der Waals surface area contributed by atoms with Gasteiger partial charge in [-0.05, 0) is 23.8 Å². The molecule has 1 N–H and O–H groups in total. The van der Waals surface area contributed by atoms with Crippen molar-refractivity contribution in [3.05, 3.63) is 40.9 Å². The SMILES string of the molecule is O=C(/C=C/c1cccc(Cl)c1)N1CCNCC1. The van der Waals surface area contributed by atoms with Crippen LogP contribution in [0.1, 0.15) is 5.56 Å². The molecule has 0 unspecified atom stereocenters. The number of benzene rings is 1. The fourth-order valence-electron chi connectivity index (χ4n) is 1.77. The molecule has 0 aromatic heterocycles. The van der Waals surface area contributed by atoms with Gasteiger partial charge in [0, 0.05) is 37.3 Å². The van der Waals surface area contributed by atoms with Gasteiger partial charge in [-0.1, -0.05) is 23.7 Å². The summed E-state index contributed by atoms with van der Waals surface area (Å²) in [5, 5.41) is 3.90. The molecule has 1 saturated heterocycles. The number of hydrogen-bond acceptors (Lipinski definition) is 2. The van der Waals surface area contributed by atoms with Crippen molar-refractivity contribution in [2.75, 3.05) is 26.2 Å². The molecule has 0 atom stereocenters. The number of halogens is 1. The van der Waals surface area contributed by atoms with Crippen LogP contribution in [-0.4, -0.2) is 37.0 Å². The predicted octanol–water partition coefficient (Wildman–Crippen LogP) is 1.78. The van der Waals surface area contributed by atoms with Crippen LogP contribution >= 0.6 is 11.6 Å². The first-order valence-corrected chi connectivity index (χ1v) is 6.07. The molecule has 1 aromatic carbocycles. The molecule has 1 aliphatic rings. The van der Waals surface area contributed by atoms with Gasteiger partial charge in [0.1, 0.15) is 0 Å². The number of carbonyl (C=O) groups excluding carboxylic acids is 1. The van der Waals surface area contributed by atoms with Gasteiger partial charge in [-0.2, -0.15) is 0 Å². The van der Waals surface area contributed by atoms with Crippen molar-refractivity contribution >= 4 is 23.6 Å². The Hall–Kier alpha value is -1.32. The Balaban J connectivity index is 1.97. The van der Waals surface area contributed by atoms with E-state index in [1.165, 1.54) is 0 Å². The Morgan fingerprint density at radius 2 is 2.12 bits per heavy atom. The Morgan fingerprint density at radius 3 is 2.82 bits per heavy atom. The lowest BCUT2D eigenvalue weighted by Crippen LogP contribution is -2.45. The lowest BCUT2D eigenvalue weighted by atomic mass is 10.2. The van der Waals surface area contributed by atoms with Gasteiger partial charge in [0.15, 0.2) is 0 Å². The topological polar surface area (TPSA) is 32.3 Å². The highest BCUT2D eigenvalue weighted by Gasteiger charge is 2.12. The molecule has 0 aliphatic carbocycles. The summed E-state index contributed by atoms with van der Waals surface area (Å²) >= 11 is 5.87. The molecule has 0 saturated carbocycles. The molecule has 1 heterocycles. The number of carbonyl (C=O) groups is 1. The summed E-state index contributed by atoms with van der Waals surface area (Å²) in [5.74, 6) is 0.0616. The number of rotatable bonds is 2. The molecule has 17 heavy (non-hydrogen) atoms. The zero-order valence-corrected chi connectivity index (χ0v) is 10.3. The van der Waals surface area contributed by atoms with Crippen molar-refractivity contribution in [3.8, 4) is 0 Å². The maximum absolute atomic E-state index is 11.8. The van der Waals surface area contributed by atoms with Crippen molar-refractivity contribution in [3.63, 3.8) is 0 Å². The van der Waals surface area contributed by atoms with Crippen LogP contribution in [0.5, 0.6) is 0 Å². The minimum atomic E-state index is 0.0616. The summed E-state index contributed by atoms with van der Waals surface area (Å²) in [6.45, 7) is 3.30. The first-order valence-electron chi connectivity index (χ1n) is 5.69. The van der Waals surface area contributed by atoms with Crippen LogP contribution < -0.4 is 5.32 Å². The summed E-state index contributed by atoms with van der Waals surface area (Å²) in [6, 6.07) is 7.45. The normalized spacial score (nSPS) is 16.4. The van der Waals surface area contributed by atoms with Crippen molar-refractivity contribution in [1.29, 1.82) is 0 Å². The molecule has 1 aliphatic heterocycles. The van der Waals surface area contributed by atoms with Crippen LogP contribution in [0.15, 0.2) is 30.3 Å². The smallest absolute Gasteiger partial charge is 0.246 e. The Labute approximate surface area is 106 Å². The van der Waals surface area contributed by atoms with Crippen LogP contribution in [-0.2, 0) is 4.79 Å².